The predicted octanol–water partition coefficient (Wildman–Crippen LogP) is 4.18. The van der Waals surface area contributed by atoms with Crippen LogP contribution in [0, 0.1) is 5.92 Å². The molecular formula is C21H24N4O2. The van der Waals surface area contributed by atoms with E-state index in [1.165, 1.54) is 0 Å². The Labute approximate surface area is 158 Å². The van der Waals surface area contributed by atoms with E-state index in [1.54, 1.807) is 11.1 Å². The third kappa shape index (κ3) is 3.94. The number of amides is 1. The summed E-state index contributed by atoms with van der Waals surface area (Å²) in [7, 11) is 0. The summed E-state index contributed by atoms with van der Waals surface area (Å²) in [6.45, 7) is 1.05. The quantitative estimate of drug-likeness (QED) is 0.737. The van der Waals surface area contributed by atoms with Gasteiger partial charge in [-0.25, -0.2) is 9.78 Å². The van der Waals surface area contributed by atoms with Crippen molar-refractivity contribution in [2.24, 2.45) is 5.92 Å². The molecule has 2 aromatic heterocycles. The number of hydrogen-bond donors (Lipinski definition) is 1. The fraction of sp³-hybridized carbons (Fsp3) is 0.381. The van der Waals surface area contributed by atoms with Crippen molar-refractivity contribution in [2.75, 3.05) is 6.54 Å². The molecule has 0 bridgehead atoms. The van der Waals surface area contributed by atoms with Crippen molar-refractivity contribution in [3.05, 3.63) is 66.5 Å². The first kappa shape index (κ1) is 17.5. The zero-order valence-electron chi connectivity index (χ0n) is 15.2. The average Bonchev–Trinajstić information content (AvgIpc) is 3.13. The van der Waals surface area contributed by atoms with Crippen molar-refractivity contribution in [3.8, 4) is 0 Å². The SMILES string of the molecule is O=C(O)N(Cc1ccccc1)CC1CCC(c2ncn3ccncc23)CC1. The van der Waals surface area contributed by atoms with Crippen LogP contribution in [0.3, 0.4) is 0 Å². The van der Waals surface area contributed by atoms with Crippen LogP contribution in [0.5, 0.6) is 0 Å². The van der Waals surface area contributed by atoms with Crippen LogP contribution in [0.15, 0.2) is 55.2 Å². The summed E-state index contributed by atoms with van der Waals surface area (Å²) in [4.78, 5) is 22.1. The number of carboxylic acid groups (broad SMARTS) is 1. The van der Waals surface area contributed by atoms with Gasteiger partial charge in [0.1, 0.15) is 0 Å². The van der Waals surface area contributed by atoms with Crippen molar-refractivity contribution in [1.82, 2.24) is 19.3 Å². The van der Waals surface area contributed by atoms with Gasteiger partial charge in [-0.05, 0) is 37.2 Å². The Morgan fingerprint density at radius 2 is 1.96 bits per heavy atom. The Hall–Kier alpha value is -2.89. The number of rotatable bonds is 5. The maximum absolute atomic E-state index is 11.7. The minimum absolute atomic E-state index is 0.410. The summed E-state index contributed by atoms with van der Waals surface area (Å²) in [6.07, 6.45) is 10.7. The molecule has 0 atom stereocenters. The zero-order valence-corrected chi connectivity index (χ0v) is 15.2. The molecular weight excluding hydrogens is 340 g/mol. The topological polar surface area (TPSA) is 70.7 Å². The van der Waals surface area contributed by atoms with Crippen LogP contribution in [0.4, 0.5) is 4.79 Å². The van der Waals surface area contributed by atoms with Gasteiger partial charge in [-0.1, -0.05) is 30.3 Å². The number of fused-ring (bicyclic) bond motifs is 1. The number of carbonyl (C=O) groups is 1. The van der Waals surface area contributed by atoms with Crippen molar-refractivity contribution >= 4 is 11.6 Å². The molecule has 0 spiro atoms. The molecule has 1 fully saturated rings. The van der Waals surface area contributed by atoms with E-state index in [0.717, 1.165) is 42.5 Å². The van der Waals surface area contributed by atoms with Gasteiger partial charge in [0, 0.05) is 31.4 Å². The molecule has 6 heteroatoms. The van der Waals surface area contributed by atoms with E-state index in [0.29, 0.717) is 24.9 Å². The lowest BCUT2D eigenvalue weighted by molar-refractivity contribution is 0.126. The second-order valence-corrected chi connectivity index (χ2v) is 7.36. The van der Waals surface area contributed by atoms with Crippen molar-refractivity contribution < 1.29 is 9.90 Å². The van der Waals surface area contributed by atoms with Gasteiger partial charge in [0.15, 0.2) is 0 Å². The van der Waals surface area contributed by atoms with Gasteiger partial charge in [-0.15, -0.1) is 0 Å². The molecule has 3 aromatic rings. The number of nitrogens with zero attached hydrogens (tertiary/aromatic N) is 4. The number of aromatic nitrogens is 3. The summed E-state index contributed by atoms with van der Waals surface area (Å²) in [5.74, 6) is 0.843. The maximum atomic E-state index is 11.7. The molecule has 4 rings (SSSR count). The summed E-state index contributed by atoms with van der Waals surface area (Å²) >= 11 is 0. The van der Waals surface area contributed by atoms with Gasteiger partial charge in [0.2, 0.25) is 0 Å². The van der Waals surface area contributed by atoms with Gasteiger partial charge in [-0.2, -0.15) is 0 Å². The first-order chi connectivity index (χ1) is 13.2. The summed E-state index contributed by atoms with van der Waals surface area (Å²) in [6, 6.07) is 9.80. The van der Waals surface area contributed by atoms with E-state index in [-0.39, 0.29) is 0 Å². The van der Waals surface area contributed by atoms with Gasteiger partial charge >= 0.3 is 6.09 Å². The summed E-state index contributed by atoms with van der Waals surface area (Å²) in [5.41, 5.74) is 3.24. The second-order valence-electron chi connectivity index (χ2n) is 7.36. The van der Waals surface area contributed by atoms with Crippen LogP contribution < -0.4 is 0 Å². The number of imidazole rings is 1. The van der Waals surface area contributed by atoms with Crippen LogP contribution in [0.25, 0.3) is 5.52 Å². The molecule has 27 heavy (non-hydrogen) atoms. The lowest BCUT2D eigenvalue weighted by atomic mass is 9.80. The molecule has 1 N–H and O–H groups in total. The van der Waals surface area contributed by atoms with Crippen LogP contribution in [-0.2, 0) is 6.54 Å². The third-order valence-electron chi connectivity index (χ3n) is 5.57. The first-order valence-electron chi connectivity index (χ1n) is 9.49. The van der Waals surface area contributed by atoms with Crippen LogP contribution in [0.1, 0.15) is 42.9 Å². The maximum Gasteiger partial charge on any atom is 0.407 e. The molecule has 140 valence electrons. The Balaban J connectivity index is 1.37. The molecule has 0 radical (unpaired) electrons. The highest BCUT2D eigenvalue weighted by Crippen LogP contribution is 2.37. The molecule has 1 aliphatic rings. The zero-order chi connectivity index (χ0) is 18.6. The van der Waals surface area contributed by atoms with Crippen molar-refractivity contribution in [2.45, 2.75) is 38.1 Å². The molecule has 0 saturated heterocycles. The smallest absolute Gasteiger partial charge is 0.407 e. The summed E-state index contributed by atoms with van der Waals surface area (Å²) < 4.78 is 2.01. The van der Waals surface area contributed by atoms with E-state index >= 15 is 0 Å². The van der Waals surface area contributed by atoms with E-state index in [9.17, 15) is 9.90 Å². The van der Waals surface area contributed by atoms with E-state index in [2.05, 4.69) is 9.97 Å². The number of benzene rings is 1. The van der Waals surface area contributed by atoms with Crippen LogP contribution in [-0.4, -0.2) is 37.0 Å². The fourth-order valence-corrected chi connectivity index (χ4v) is 4.12. The monoisotopic (exact) mass is 364 g/mol. The minimum atomic E-state index is -0.841. The highest BCUT2D eigenvalue weighted by atomic mass is 16.4. The largest absolute Gasteiger partial charge is 0.465 e. The first-order valence-corrected chi connectivity index (χ1v) is 9.49. The van der Waals surface area contributed by atoms with Crippen LogP contribution in [0.2, 0.25) is 0 Å². The lowest BCUT2D eigenvalue weighted by Gasteiger charge is -2.31. The van der Waals surface area contributed by atoms with Gasteiger partial charge in [0.05, 0.1) is 23.7 Å². The molecule has 1 aromatic carbocycles. The molecule has 0 aliphatic heterocycles. The van der Waals surface area contributed by atoms with E-state index < -0.39 is 6.09 Å². The van der Waals surface area contributed by atoms with E-state index in [1.807, 2.05) is 53.5 Å². The Morgan fingerprint density at radius 1 is 1.19 bits per heavy atom. The normalized spacial score (nSPS) is 19.9. The Kier molecular flexibility index (Phi) is 5.05. The highest BCUT2D eigenvalue weighted by Gasteiger charge is 2.27. The van der Waals surface area contributed by atoms with Crippen molar-refractivity contribution in [3.63, 3.8) is 0 Å². The molecule has 1 aliphatic carbocycles. The molecule has 6 nitrogen and oxygen atoms in total. The Bertz CT molecular complexity index is 901. The molecule has 2 heterocycles. The van der Waals surface area contributed by atoms with Gasteiger partial charge in [0.25, 0.3) is 0 Å². The third-order valence-corrected chi connectivity index (χ3v) is 5.57. The number of hydrogen-bond acceptors (Lipinski definition) is 3. The second kappa shape index (κ2) is 7.78. The average molecular weight is 364 g/mol. The molecule has 1 saturated carbocycles. The highest BCUT2D eigenvalue weighted by molar-refractivity contribution is 5.65. The Morgan fingerprint density at radius 3 is 2.70 bits per heavy atom. The van der Waals surface area contributed by atoms with Gasteiger partial charge < -0.3 is 14.4 Å². The molecule has 1 amide bonds. The molecule has 0 unspecified atom stereocenters. The van der Waals surface area contributed by atoms with Crippen molar-refractivity contribution in [1.29, 1.82) is 0 Å². The van der Waals surface area contributed by atoms with Gasteiger partial charge in [-0.3, -0.25) is 4.98 Å². The summed E-state index contributed by atoms with van der Waals surface area (Å²) in [5, 5.41) is 9.59. The standard InChI is InChI=1S/C21H24N4O2/c26-21(27)25(13-16-4-2-1-3-5-16)14-17-6-8-18(9-7-17)20-19-12-22-10-11-24(19)15-23-20/h1-5,10-12,15,17-18H,6-9,13-14H2,(H,26,27). The van der Waals surface area contributed by atoms with Crippen LogP contribution >= 0.6 is 0 Å². The predicted molar refractivity (Wildman–Crippen MR) is 103 cm³/mol. The van der Waals surface area contributed by atoms with E-state index in [4.69, 9.17) is 0 Å². The minimum Gasteiger partial charge on any atom is -0.465 e. The lowest BCUT2D eigenvalue weighted by Crippen LogP contribution is -2.35. The fourth-order valence-electron chi connectivity index (χ4n) is 4.12.